The van der Waals surface area contributed by atoms with E-state index in [-0.39, 0.29) is 46.8 Å². The third-order valence-electron chi connectivity index (χ3n) is 16.5. The SMILES string of the molecule is CCOCCOCCOCCOCCC(=O)NCCOCCOCCCS(=O)(=O)c1ccc(OC2c3ccccc3C[C@@H]2N2CCCCC2)cc1.COCCC(=O)NCCOCCOCCCS(=O)(=O)c1ccc(O[C@H]2c3ccccc3C[C@@H]2N2CCCCC2)cc1. The van der Waals surface area contributed by atoms with Gasteiger partial charge in [0.05, 0.1) is 126 Å². The molecule has 512 valence electrons. The van der Waals surface area contributed by atoms with Gasteiger partial charge in [0, 0.05) is 52.9 Å². The average Bonchev–Trinajstić information content (AvgIpc) is 1.65. The summed E-state index contributed by atoms with van der Waals surface area (Å²) in [5.41, 5.74) is 5.13. The van der Waals surface area contributed by atoms with Crippen molar-refractivity contribution >= 4 is 31.5 Å². The van der Waals surface area contributed by atoms with Crippen molar-refractivity contribution in [2.24, 2.45) is 0 Å². The van der Waals surface area contributed by atoms with Gasteiger partial charge in [-0.05, 0) is 155 Å². The number of amides is 2. The summed E-state index contributed by atoms with van der Waals surface area (Å²) in [6.45, 7) is 14.4. The number of nitrogens with zero attached hydrogens (tertiary/aromatic N) is 2. The molecule has 0 saturated carbocycles. The van der Waals surface area contributed by atoms with Crippen LogP contribution in [-0.4, -0.2) is 221 Å². The quantitative estimate of drug-likeness (QED) is 0.0406. The molecule has 2 aliphatic carbocycles. The van der Waals surface area contributed by atoms with Gasteiger partial charge in [0.1, 0.15) is 23.7 Å². The van der Waals surface area contributed by atoms with E-state index >= 15 is 0 Å². The molecule has 1 unspecified atom stereocenters. The van der Waals surface area contributed by atoms with Gasteiger partial charge in [-0.1, -0.05) is 61.4 Å². The van der Waals surface area contributed by atoms with Crippen LogP contribution >= 0.6 is 0 Å². The number of benzene rings is 4. The number of carbonyl (C=O) groups is 2. The van der Waals surface area contributed by atoms with E-state index in [1.807, 2.05) is 6.92 Å². The van der Waals surface area contributed by atoms with E-state index in [9.17, 15) is 26.4 Å². The summed E-state index contributed by atoms with van der Waals surface area (Å²) in [7, 11) is -5.32. The lowest BCUT2D eigenvalue weighted by molar-refractivity contribution is -0.123. The van der Waals surface area contributed by atoms with Crippen molar-refractivity contribution in [1.29, 1.82) is 0 Å². The second-order valence-corrected chi connectivity index (χ2v) is 27.4. The van der Waals surface area contributed by atoms with E-state index in [1.165, 1.54) is 60.8 Å². The second-order valence-electron chi connectivity index (χ2n) is 23.2. The number of sulfone groups is 2. The molecular formula is C69H102N4O17S2. The maximum absolute atomic E-state index is 13.0. The second kappa shape index (κ2) is 42.3. The third-order valence-corrected chi connectivity index (χ3v) is 20.1. The van der Waals surface area contributed by atoms with Crippen LogP contribution in [0, 0.1) is 0 Å². The minimum absolute atomic E-state index is 0.00575. The molecule has 2 amide bonds. The minimum Gasteiger partial charge on any atom is -0.484 e. The van der Waals surface area contributed by atoms with E-state index in [2.05, 4.69) is 69.0 Å². The first-order valence-corrected chi connectivity index (χ1v) is 36.5. The van der Waals surface area contributed by atoms with Crippen LogP contribution in [-0.2, 0) is 84.7 Å². The van der Waals surface area contributed by atoms with Crippen LogP contribution in [0.15, 0.2) is 107 Å². The van der Waals surface area contributed by atoms with Gasteiger partial charge in [-0.3, -0.25) is 19.4 Å². The van der Waals surface area contributed by atoms with Crippen molar-refractivity contribution in [2.45, 2.75) is 118 Å². The molecular weight excluding hydrogens is 1220 g/mol. The highest BCUT2D eigenvalue weighted by Crippen LogP contribution is 2.41. The molecule has 23 heteroatoms. The summed E-state index contributed by atoms with van der Waals surface area (Å²) >= 11 is 0. The van der Waals surface area contributed by atoms with Crippen LogP contribution in [0.25, 0.3) is 0 Å². The first-order chi connectivity index (χ1) is 45.0. The van der Waals surface area contributed by atoms with Crippen molar-refractivity contribution < 1.29 is 78.5 Å². The predicted molar refractivity (Wildman–Crippen MR) is 351 cm³/mol. The van der Waals surface area contributed by atoms with Gasteiger partial charge in [-0.15, -0.1) is 0 Å². The summed E-state index contributed by atoms with van der Waals surface area (Å²) in [5.74, 6) is 1.19. The van der Waals surface area contributed by atoms with Crippen molar-refractivity contribution in [3.63, 3.8) is 0 Å². The van der Waals surface area contributed by atoms with E-state index in [1.54, 1.807) is 55.6 Å². The van der Waals surface area contributed by atoms with Gasteiger partial charge in [0.15, 0.2) is 19.7 Å². The largest absolute Gasteiger partial charge is 0.484 e. The molecule has 4 aliphatic rings. The fourth-order valence-corrected chi connectivity index (χ4v) is 14.3. The molecule has 2 fully saturated rings. The van der Waals surface area contributed by atoms with E-state index < -0.39 is 19.7 Å². The summed E-state index contributed by atoms with van der Waals surface area (Å²) in [4.78, 5) is 29.1. The smallest absolute Gasteiger partial charge is 0.222 e. The lowest BCUT2D eigenvalue weighted by Gasteiger charge is -2.35. The maximum atomic E-state index is 13.0. The Balaban J connectivity index is 0.000000267. The fraction of sp³-hybridized carbons (Fsp3) is 0.623. The van der Waals surface area contributed by atoms with Crippen LogP contribution in [0.4, 0.5) is 0 Å². The van der Waals surface area contributed by atoms with Crippen LogP contribution in [0.1, 0.15) is 106 Å². The normalized spacial score (nSPS) is 18.4. The van der Waals surface area contributed by atoms with Gasteiger partial charge in [-0.2, -0.15) is 0 Å². The van der Waals surface area contributed by atoms with E-state index in [0.717, 1.165) is 39.0 Å². The van der Waals surface area contributed by atoms with E-state index in [4.69, 9.17) is 52.1 Å². The number of likely N-dealkylation sites (tertiary alicyclic amines) is 2. The summed E-state index contributed by atoms with van der Waals surface area (Å²) < 4.78 is 113. The highest BCUT2D eigenvalue weighted by atomic mass is 32.2. The predicted octanol–water partition coefficient (Wildman–Crippen LogP) is 7.57. The van der Waals surface area contributed by atoms with Crippen molar-refractivity contribution in [3.8, 4) is 11.5 Å². The molecule has 8 rings (SSSR count). The van der Waals surface area contributed by atoms with Crippen LogP contribution < -0.4 is 20.1 Å². The van der Waals surface area contributed by atoms with Crippen molar-refractivity contribution in [3.05, 3.63) is 119 Å². The minimum atomic E-state index is -3.45. The Morgan fingerprint density at radius 1 is 0.435 bits per heavy atom. The highest BCUT2D eigenvalue weighted by Gasteiger charge is 2.40. The van der Waals surface area contributed by atoms with Crippen molar-refractivity contribution in [1.82, 2.24) is 20.4 Å². The number of ether oxygens (including phenoxy) is 11. The molecule has 2 N–H and O–H groups in total. The number of rotatable bonds is 44. The Kier molecular flexibility index (Phi) is 34.2. The Morgan fingerprint density at radius 3 is 1.20 bits per heavy atom. The molecule has 4 aromatic rings. The Hall–Kier alpha value is -5.12. The molecule has 2 saturated heterocycles. The Bertz CT molecular complexity index is 2930. The molecule has 0 spiro atoms. The molecule has 0 radical (unpaired) electrons. The van der Waals surface area contributed by atoms with Crippen molar-refractivity contribution in [2.75, 3.05) is 170 Å². The molecule has 21 nitrogen and oxygen atoms in total. The monoisotopic (exact) mass is 1320 g/mol. The van der Waals surface area contributed by atoms with Crippen LogP contribution in [0.3, 0.4) is 0 Å². The van der Waals surface area contributed by atoms with Gasteiger partial charge in [0.25, 0.3) is 0 Å². The van der Waals surface area contributed by atoms with Crippen LogP contribution in [0.2, 0.25) is 0 Å². The highest BCUT2D eigenvalue weighted by molar-refractivity contribution is 7.91. The third kappa shape index (κ3) is 26.2. The Labute approximate surface area is 546 Å². The van der Waals surface area contributed by atoms with Gasteiger partial charge < -0.3 is 62.7 Å². The van der Waals surface area contributed by atoms with Crippen LogP contribution in [0.5, 0.6) is 11.5 Å². The molecule has 4 aromatic carbocycles. The first kappa shape index (κ1) is 74.3. The number of carbonyl (C=O) groups excluding carboxylic acids is 2. The number of methoxy groups -OCH3 is 1. The number of piperidine rings is 2. The number of nitrogens with one attached hydrogen (secondary N) is 2. The maximum Gasteiger partial charge on any atom is 0.222 e. The molecule has 0 bridgehead atoms. The molecule has 4 atom stereocenters. The summed E-state index contributed by atoms with van der Waals surface area (Å²) in [6.07, 6.45) is 10.6. The lowest BCUT2D eigenvalue weighted by Crippen LogP contribution is -2.43. The average molecular weight is 1320 g/mol. The van der Waals surface area contributed by atoms with Gasteiger partial charge in [-0.25, -0.2) is 16.8 Å². The zero-order valence-corrected chi connectivity index (χ0v) is 56.0. The lowest BCUT2D eigenvalue weighted by atomic mass is 10.0. The summed E-state index contributed by atoms with van der Waals surface area (Å²) in [6, 6.07) is 31.2. The van der Waals surface area contributed by atoms with Gasteiger partial charge in [0.2, 0.25) is 11.8 Å². The van der Waals surface area contributed by atoms with Gasteiger partial charge >= 0.3 is 0 Å². The number of hydrogen-bond acceptors (Lipinski definition) is 19. The first-order valence-electron chi connectivity index (χ1n) is 33.2. The zero-order chi connectivity index (χ0) is 64.9. The number of fused-ring (bicyclic) bond motifs is 2. The molecule has 0 aromatic heterocycles. The standard InChI is InChI=1S/C38H58N2O10S.C31H44N2O7S/c1-2-44-22-23-48-28-29-49-27-25-46-20-15-37(41)39-16-21-47-26-24-45-19-8-30-51(42,43)34-13-11-33(12-14-34)50-38-35-10-5-4-9-32(35)31-36(38)40-17-6-3-7-18-40;1-37-19-14-30(34)32-15-20-39-22-21-38-18-7-23-41(35,36)27-12-10-26(11-13-27)40-31-28-9-4-3-8-25(28)24-29(31)33-16-5-2-6-17-33/h4-5,9-14,36,38H,2-3,6-8,15-31H2,1H3,(H,39,41);3-4,8-13,29,31H,2,5-7,14-24H2,1H3,(H,32,34)/t36-,38?;29-,31-/m00/s1. The van der Waals surface area contributed by atoms with E-state index in [0.29, 0.717) is 173 Å². The molecule has 2 aliphatic heterocycles. The Morgan fingerprint density at radius 2 is 0.793 bits per heavy atom. The topological polar surface area (TPSA) is 234 Å². The fourth-order valence-electron chi connectivity index (χ4n) is 11.7. The zero-order valence-electron chi connectivity index (χ0n) is 54.4. The summed E-state index contributed by atoms with van der Waals surface area (Å²) in [5, 5.41) is 5.53. The number of hydrogen-bond donors (Lipinski definition) is 2. The molecule has 92 heavy (non-hydrogen) atoms. The molecule has 2 heterocycles.